The van der Waals surface area contributed by atoms with E-state index in [0.29, 0.717) is 0 Å². The van der Waals surface area contributed by atoms with E-state index >= 15 is 0 Å². The van der Waals surface area contributed by atoms with Gasteiger partial charge in [0.2, 0.25) is 0 Å². The largest absolute Gasteiger partial charge is 0.270 e. The van der Waals surface area contributed by atoms with Crippen LogP contribution in [0.15, 0.2) is 46.0 Å². The van der Waals surface area contributed by atoms with Gasteiger partial charge in [0.05, 0.1) is 17.1 Å². The smallest absolute Gasteiger partial charge is 0.164 e. The number of para-hydroxylation sites is 1. The number of fused-ring (bicyclic) bond motifs is 2. The highest BCUT2D eigenvalue weighted by Crippen LogP contribution is 2.22. The van der Waals surface area contributed by atoms with Crippen LogP contribution in [-0.4, -0.2) is 12.3 Å². The van der Waals surface area contributed by atoms with Gasteiger partial charge >= 0.3 is 0 Å². The van der Waals surface area contributed by atoms with Gasteiger partial charge in [-0.1, -0.05) is 18.2 Å². The Morgan fingerprint density at radius 1 is 1.27 bits per heavy atom. The molecule has 0 spiro atoms. The molecule has 0 saturated heterocycles. The number of hydrogen-bond acceptors (Lipinski definition) is 3. The molecule has 0 aliphatic carbocycles. The van der Waals surface area contributed by atoms with Crippen LogP contribution in [0.25, 0.3) is 5.57 Å². The molecular formula is C12H7N3. The fourth-order valence-electron chi connectivity index (χ4n) is 1.91. The summed E-state index contributed by atoms with van der Waals surface area (Å²) in [7, 11) is 0. The van der Waals surface area contributed by atoms with Gasteiger partial charge in [0.25, 0.3) is 0 Å². The monoisotopic (exact) mass is 193 g/mol. The normalized spacial score (nSPS) is 21.1. The third kappa shape index (κ3) is 1.05. The summed E-state index contributed by atoms with van der Waals surface area (Å²) in [5.74, 6) is 0. The molecule has 3 heteroatoms. The molecule has 1 aromatic rings. The summed E-state index contributed by atoms with van der Waals surface area (Å²) in [4.78, 5) is 8.58. The molecule has 0 fully saturated rings. The lowest BCUT2D eigenvalue weighted by atomic mass is 10.0. The summed E-state index contributed by atoms with van der Waals surface area (Å²) in [6.45, 7) is 0. The van der Waals surface area contributed by atoms with Gasteiger partial charge in [-0.05, 0) is 12.1 Å². The Morgan fingerprint density at radius 3 is 3.00 bits per heavy atom. The lowest BCUT2D eigenvalue weighted by Crippen LogP contribution is -2.25. The van der Waals surface area contributed by atoms with Crippen LogP contribution in [0.5, 0.6) is 0 Å². The van der Waals surface area contributed by atoms with Crippen molar-refractivity contribution in [2.45, 2.75) is 6.04 Å². The standard InChI is InChI=1S/C12H7N3/c13-7-11-12-8-3-1-2-4-9(8)15-10(12)5-6-14-11/h1-6,11H. The van der Waals surface area contributed by atoms with Crippen molar-refractivity contribution in [3.63, 3.8) is 0 Å². The van der Waals surface area contributed by atoms with Gasteiger partial charge < -0.3 is 0 Å². The maximum absolute atomic E-state index is 9.01. The number of hydrogen-bond donors (Lipinski definition) is 0. The van der Waals surface area contributed by atoms with E-state index in [1.165, 1.54) is 0 Å². The fourth-order valence-corrected chi connectivity index (χ4v) is 1.91. The number of benzene rings is 1. The second-order valence-corrected chi connectivity index (χ2v) is 3.42. The predicted molar refractivity (Wildman–Crippen MR) is 56.6 cm³/mol. The Morgan fingerprint density at radius 2 is 2.13 bits per heavy atom. The molecule has 0 aromatic heterocycles. The Hall–Kier alpha value is -2.21. The molecule has 15 heavy (non-hydrogen) atoms. The molecule has 1 atom stereocenters. The molecule has 0 N–H and O–H groups in total. The van der Waals surface area contributed by atoms with E-state index in [2.05, 4.69) is 16.1 Å². The molecule has 1 unspecified atom stereocenters. The van der Waals surface area contributed by atoms with Crippen molar-refractivity contribution in [2.75, 3.05) is 0 Å². The first kappa shape index (κ1) is 8.13. The minimum Gasteiger partial charge on any atom is -0.270 e. The van der Waals surface area contributed by atoms with Crippen molar-refractivity contribution < 1.29 is 0 Å². The number of allylic oxidation sites excluding steroid dienone is 1. The maximum Gasteiger partial charge on any atom is 0.164 e. The Bertz CT molecular complexity index is 644. The molecule has 2 aliphatic rings. The van der Waals surface area contributed by atoms with Gasteiger partial charge in [0.15, 0.2) is 6.04 Å². The second kappa shape index (κ2) is 2.89. The number of nitrogens with zero attached hydrogens (tertiary/aromatic N) is 3. The average molecular weight is 193 g/mol. The zero-order chi connectivity index (χ0) is 10.3. The zero-order valence-electron chi connectivity index (χ0n) is 7.88. The van der Waals surface area contributed by atoms with Crippen LogP contribution in [0.3, 0.4) is 0 Å². The third-order valence-corrected chi connectivity index (χ3v) is 2.57. The van der Waals surface area contributed by atoms with Crippen molar-refractivity contribution in [1.29, 1.82) is 5.26 Å². The van der Waals surface area contributed by atoms with E-state index in [0.717, 1.165) is 21.8 Å². The summed E-state index contributed by atoms with van der Waals surface area (Å²) in [6.07, 6.45) is 3.51. The highest BCUT2D eigenvalue weighted by atomic mass is 14.9. The first-order chi connectivity index (χ1) is 7.40. The quantitative estimate of drug-likeness (QED) is 0.585. The SMILES string of the molecule is N#CC1N=CC=C2N=c3ccccc3=C21. The van der Waals surface area contributed by atoms with Crippen LogP contribution in [-0.2, 0) is 0 Å². The maximum atomic E-state index is 9.01. The molecule has 3 rings (SSSR count). The van der Waals surface area contributed by atoms with Crippen LogP contribution in [0.2, 0.25) is 0 Å². The molecule has 3 nitrogen and oxygen atoms in total. The highest BCUT2D eigenvalue weighted by molar-refractivity contribution is 5.87. The van der Waals surface area contributed by atoms with Gasteiger partial charge in [-0.25, -0.2) is 4.99 Å². The Labute approximate surface area is 86.4 Å². The fraction of sp³-hybridized carbons (Fsp3) is 0.0833. The summed E-state index contributed by atoms with van der Waals surface area (Å²) in [5.41, 5.74) is 1.81. The molecule has 0 amide bonds. The highest BCUT2D eigenvalue weighted by Gasteiger charge is 2.22. The van der Waals surface area contributed by atoms with E-state index in [4.69, 9.17) is 5.26 Å². The molecule has 2 heterocycles. The van der Waals surface area contributed by atoms with Crippen LogP contribution in [0, 0.1) is 11.3 Å². The van der Waals surface area contributed by atoms with E-state index in [1.807, 2.05) is 30.3 Å². The third-order valence-electron chi connectivity index (χ3n) is 2.57. The summed E-state index contributed by atoms with van der Waals surface area (Å²) in [5, 5.41) is 11.0. The topological polar surface area (TPSA) is 48.5 Å². The van der Waals surface area contributed by atoms with Crippen LogP contribution in [0.1, 0.15) is 0 Å². The van der Waals surface area contributed by atoms with Gasteiger partial charge in [-0.3, -0.25) is 4.99 Å². The number of aliphatic imine (C=N–C) groups is 1. The summed E-state index contributed by atoms with van der Waals surface area (Å²) in [6, 6.07) is 9.62. The Kier molecular flexibility index (Phi) is 1.57. The van der Waals surface area contributed by atoms with Crippen molar-refractivity contribution in [3.05, 3.63) is 46.6 Å². The minimum atomic E-state index is -0.405. The van der Waals surface area contributed by atoms with E-state index in [1.54, 1.807) is 6.21 Å². The molecular weight excluding hydrogens is 186 g/mol. The number of rotatable bonds is 0. The average Bonchev–Trinajstić information content (AvgIpc) is 2.67. The van der Waals surface area contributed by atoms with Crippen molar-refractivity contribution in [3.8, 4) is 6.07 Å². The van der Waals surface area contributed by atoms with Gasteiger partial charge in [0, 0.05) is 17.0 Å². The van der Waals surface area contributed by atoms with E-state index in [9.17, 15) is 0 Å². The molecule has 0 bridgehead atoms. The van der Waals surface area contributed by atoms with Crippen LogP contribution in [0.4, 0.5) is 0 Å². The van der Waals surface area contributed by atoms with E-state index in [-0.39, 0.29) is 0 Å². The first-order valence-electron chi connectivity index (χ1n) is 4.71. The van der Waals surface area contributed by atoms with Gasteiger partial charge in [0.1, 0.15) is 0 Å². The van der Waals surface area contributed by atoms with E-state index < -0.39 is 6.04 Å². The first-order valence-corrected chi connectivity index (χ1v) is 4.71. The molecule has 2 aliphatic heterocycles. The van der Waals surface area contributed by atoms with Crippen molar-refractivity contribution in [2.24, 2.45) is 9.98 Å². The van der Waals surface area contributed by atoms with Gasteiger partial charge in [-0.2, -0.15) is 5.26 Å². The van der Waals surface area contributed by atoms with Gasteiger partial charge in [-0.15, -0.1) is 0 Å². The predicted octanol–water partition coefficient (Wildman–Crippen LogP) is 0.331. The Balaban J connectivity index is 2.43. The lowest BCUT2D eigenvalue weighted by molar-refractivity contribution is 1.04. The summed E-state index contributed by atoms with van der Waals surface area (Å²) >= 11 is 0. The van der Waals surface area contributed by atoms with Crippen molar-refractivity contribution >= 4 is 11.8 Å². The number of nitriles is 1. The van der Waals surface area contributed by atoms with Crippen LogP contribution >= 0.6 is 0 Å². The molecule has 1 aromatic carbocycles. The van der Waals surface area contributed by atoms with Crippen molar-refractivity contribution in [1.82, 2.24) is 0 Å². The summed E-state index contributed by atoms with van der Waals surface area (Å²) < 4.78 is 0. The molecule has 0 radical (unpaired) electrons. The number of dihydropyridines is 1. The minimum absolute atomic E-state index is 0.405. The van der Waals surface area contributed by atoms with Crippen LogP contribution < -0.4 is 10.6 Å². The molecule has 70 valence electrons. The molecule has 0 saturated carbocycles. The zero-order valence-corrected chi connectivity index (χ0v) is 7.88. The second-order valence-electron chi connectivity index (χ2n) is 3.42. The lowest BCUT2D eigenvalue weighted by Gasteiger charge is -2.09.